The zero-order valence-electron chi connectivity index (χ0n) is 12.3. The first-order chi connectivity index (χ1) is 9.50. The molecule has 112 valence electrons. The Balaban J connectivity index is 1.90. The van der Waals surface area contributed by atoms with Crippen LogP contribution in [0.1, 0.15) is 20.3 Å². The number of hydrogen-bond donors (Lipinski definition) is 0. The van der Waals surface area contributed by atoms with Crippen LogP contribution in [0, 0.1) is 0 Å². The molecule has 20 heavy (non-hydrogen) atoms. The maximum absolute atomic E-state index is 12.3. The van der Waals surface area contributed by atoms with E-state index >= 15 is 0 Å². The molecule has 0 radical (unpaired) electrons. The molecular formula is C13H22N4O3. The first-order valence-electron chi connectivity index (χ1n) is 6.79. The first kappa shape index (κ1) is 14.9. The van der Waals surface area contributed by atoms with Gasteiger partial charge in [-0.3, -0.25) is 9.48 Å². The van der Waals surface area contributed by atoms with E-state index in [4.69, 9.17) is 9.47 Å². The van der Waals surface area contributed by atoms with Gasteiger partial charge in [0.25, 0.3) is 0 Å². The van der Waals surface area contributed by atoms with Crippen LogP contribution in [0.3, 0.4) is 0 Å². The topological polar surface area (TPSA) is 69.5 Å². The van der Waals surface area contributed by atoms with Gasteiger partial charge in [-0.25, -0.2) is 0 Å². The highest BCUT2D eigenvalue weighted by Gasteiger charge is 2.35. The summed E-state index contributed by atoms with van der Waals surface area (Å²) in [5, 5.41) is 7.58. The van der Waals surface area contributed by atoms with Crippen molar-refractivity contribution in [2.75, 3.05) is 26.8 Å². The van der Waals surface area contributed by atoms with E-state index in [-0.39, 0.29) is 17.6 Å². The highest BCUT2D eigenvalue weighted by molar-refractivity contribution is 5.76. The summed E-state index contributed by atoms with van der Waals surface area (Å²) >= 11 is 0. The van der Waals surface area contributed by atoms with E-state index in [1.807, 2.05) is 18.7 Å². The van der Waals surface area contributed by atoms with E-state index < -0.39 is 0 Å². The van der Waals surface area contributed by atoms with Crippen LogP contribution in [-0.4, -0.2) is 64.3 Å². The van der Waals surface area contributed by atoms with Gasteiger partial charge in [-0.1, -0.05) is 5.21 Å². The van der Waals surface area contributed by atoms with Crippen LogP contribution < -0.4 is 0 Å². The molecule has 7 nitrogen and oxygen atoms in total. The Morgan fingerprint density at radius 1 is 1.55 bits per heavy atom. The zero-order chi connectivity index (χ0) is 14.6. The summed E-state index contributed by atoms with van der Waals surface area (Å²) < 4.78 is 12.7. The first-order valence-corrected chi connectivity index (χ1v) is 6.79. The van der Waals surface area contributed by atoms with Crippen molar-refractivity contribution in [1.29, 1.82) is 0 Å². The molecule has 7 heteroatoms. The molecular weight excluding hydrogens is 260 g/mol. The molecule has 0 saturated carbocycles. The summed E-state index contributed by atoms with van der Waals surface area (Å²) in [5.41, 5.74) is -0.343. The molecule has 1 amide bonds. The Kier molecular flexibility index (Phi) is 4.72. The Bertz CT molecular complexity index is 433. The number of rotatable bonds is 5. The van der Waals surface area contributed by atoms with Crippen LogP contribution >= 0.6 is 0 Å². The monoisotopic (exact) mass is 282 g/mol. The summed E-state index contributed by atoms with van der Waals surface area (Å²) in [7, 11) is 1.64. The summed E-state index contributed by atoms with van der Waals surface area (Å²) in [6.45, 7) is 6.21. The number of carbonyl (C=O) groups is 1. The fourth-order valence-corrected chi connectivity index (χ4v) is 2.48. The van der Waals surface area contributed by atoms with Gasteiger partial charge in [0.1, 0.15) is 0 Å². The number of morpholine rings is 1. The largest absolute Gasteiger partial charge is 0.382 e. The van der Waals surface area contributed by atoms with Crippen molar-refractivity contribution in [2.45, 2.75) is 38.5 Å². The number of nitrogens with zero attached hydrogens (tertiary/aromatic N) is 4. The van der Waals surface area contributed by atoms with Crippen molar-refractivity contribution in [3.8, 4) is 0 Å². The maximum atomic E-state index is 12.3. The van der Waals surface area contributed by atoms with Gasteiger partial charge < -0.3 is 14.4 Å². The van der Waals surface area contributed by atoms with Crippen molar-refractivity contribution in [1.82, 2.24) is 19.9 Å². The predicted molar refractivity (Wildman–Crippen MR) is 72.0 cm³/mol. The fourth-order valence-electron chi connectivity index (χ4n) is 2.48. The Morgan fingerprint density at radius 3 is 3.00 bits per heavy atom. The van der Waals surface area contributed by atoms with Gasteiger partial charge in [0.05, 0.1) is 31.1 Å². The van der Waals surface area contributed by atoms with Crippen LogP contribution in [-0.2, 0) is 20.8 Å². The standard InChI is InChI=1S/C13H22N4O3/c1-13(2)10-16(8-11(20-13)9-19-3)12(18)4-6-17-7-5-14-15-17/h5,7,11H,4,6,8-10H2,1-3H3/t11-/m0/s1. The lowest BCUT2D eigenvalue weighted by Gasteiger charge is -2.42. The predicted octanol–water partition coefficient (Wildman–Crippen LogP) is 0.321. The Hall–Kier alpha value is -1.47. The van der Waals surface area contributed by atoms with Crippen molar-refractivity contribution in [3.63, 3.8) is 0 Å². The molecule has 1 aliphatic rings. The maximum Gasteiger partial charge on any atom is 0.224 e. The van der Waals surface area contributed by atoms with Crippen molar-refractivity contribution in [2.24, 2.45) is 0 Å². The summed E-state index contributed by atoms with van der Waals surface area (Å²) in [6, 6.07) is 0. The molecule has 0 bridgehead atoms. The molecule has 0 aromatic carbocycles. The van der Waals surface area contributed by atoms with Gasteiger partial charge in [-0.05, 0) is 13.8 Å². The average Bonchev–Trinajstić information content (AvgIpc) is 2.87. The van der Waals surface area contributed by atoms with Gasteiger partial charge in [0, 0.05) is 32.8 Å². The minimum atomic E-state index is -0.343. The molecule has 1 aliphatic heterocycles. The van der Waals surface area contributed by atoms with E-state index in [9.17, 15) is 4.79 Å². The highest BCUT2D eigenvalue weighted by Crippen LogP contribution is 2.21. The normalized spacial score (nSPS) is 21.9. The van der Waals surface area contributed by atoms with Crippen molar-refractivity contribution < 1.29 is 14.3 Å². The lowest BCUT2D eigenvalue weighted by Crippen LogP contribution is -2.55. The third-order valence-electron chi connectivity index (χ3n) is 3.21. The average molecular weight is 282 g/mol. The number of carbonyl (C=O) groups excluding carboxylic acids is 1. The second kappa shape index (κ2) is 6.32. The zero-order valence-corrected chi connectivity index (χ0v) is 12.3. The molecule has 1 fully saturated rings. The third kappa shape index (κ3) is 4.01. The van der Waals surface area contributed by atoms with E-state index in [0.717, 1.165) is 0 Å². The molecule has 0 N–H and O–H groups in total. The number of methoxy groups -OCH3 is 1. The summed E-state index contributed by atoms with van der Waals surface area (Å²) in [4.78, 5) is 14.2. The SMILES string of the molecule is COC[C@@H]1CN(C(=O)CCn2ccnn2)CC(C)(C)O1. The molecule has 1 aromatic rings. The van der Waals surface area contributed by atoms with E-state index in [1.54, 1.807) is 24.2 Å². The third-order valence-corrected chi connectivity index (χ3v) is 3.21. The second-order valence-electron chi connectivity index (χ2n) is 5.65. The van der Waals surface area contributed by atoms with Gasteiger partial charge in [-0.15, -0.1) is 5.10 Å². The molecule has 1 atom stereocenters. The van der Waals surface area contributed by atoms with Crippen LogP contribution in [0.25, 0.3) is 0 Å². The molecule has 1 aromatic heterocycles. The Labute approximate surface area is 118 Å². The number of hydrogen-bond acceptors (Lipinski definition) is 5. The van der Waals surface area contributed by atoms with Crippen molar-refractivity contribution in [3.05, 3.63) is 12.4 Å². The molecule has 2 heterocycles. The number of aromatic nitrogens is 3. The molecule has 0 unspecified atom stereocenters. The van der Waals surface area contributed by atoms with Crippen LogP contribution in [0.2, 0.25) is 0 Å². The summed E-state index contributed by atoms with van der Waals surface area (Å²) in [5.74, 6) is 0.109. The van der Waals surface area contributed by atoms with Crippen LogP contribution in [0.4, 0.5) is 0 Å². The molecule has 0 aliphatic carbocycles. The minimum absolute atomic E-state index is 0.0703. The molecule has 1 saturated heterocycles. The second-order valence-corrected chi connectivity index (χ2v) is 5.65. The van der Waals surface area contributed by atoms with Crippen LogP contribution in [0.15, 0.2) is 12.4 Å². The highest BCUT2D eigenvalue weighted by atomic mass is 16.5. The van der Waals surface area contributed by atoms with E-state index in [1.165, 1.54) is 0 Å². The molecule has 0 spiro atoms. The van der Waals surface area contributed by atoms with Gasteiger partial charge in [0.15, 0.2) is 0 Å². The van der Waals surface area contributed by atoms with Crippen molar-refractivity contribution >= 4 is 5.91 Å². The quantitative estimate of drug-likeness (QED) is 0.778. The lowest BCUT2D eigenvalue weighted by molar-refractivity contribution is -0.168. The van der Waals surface area contributed by atoms with Gasteiger partial charge in [-0.2, -0.15) is 0 Å². The Morgan fingerprint density at radius 2 is 2.35 bits per heavy atom. The number of amides is 1. The van der Waals surface area contributed by atoms with Gasteiger partial charge in [0.2, 0.25) is 5.91 Å². The number of aryl methyl sites for hydroxylation is 1. The smallest absolute Gasteiger partial charge is 0.224 e. The van der Waals surface area contributed by atoms with E-state index in [0.29, 0.717) is 32.7 Å². The van der Waals surface area contributed by atoms with Crippen LogP contribution in [0.5, 0.6) is 0 Å². The van der Waals surface area contributed by atoms with E-state index in [2.05, 4.69) is 10.3 Å². The fraction of sp³-hybridized carbons (Fsp3) is 0.769. The lowest BCUT2D eigenvalue weighted by atomic mass is 10.0. The number of ether oxygens (including phenoxy) is 2. The molecule has 2 rings (SSSR count). The minimum Gasteiger partial charge on any atom is -0.382 e. The van der Waals surface area contributed by atoms with Gasteiger partial charge >= 0.3 is 0 Å². The summed E-state index contributed by atoms with van der Waals surface area (Å²) in [6.07, 6.45) is 3.71.